The van der Waals surface area contributed by atoms with E-state index in [1.54, 1.807) is 0 Å². The highest BCUT2D eigenvalue weighted by Gasteiger charge is 1.45. The predicted octanol–water partition coefficient (Wildman–Crippen LogP) is -0.0213. The van der Waals surface area contributed by atoms with Crippen molar-refractivity contribution < 1.29 is 5.09 Å². The van der Waals surface area contributed by atoms with E-state index in [9.17, 15) is 0 Å². The Hall–Kier alpha value is -1.53. The standard InChI is InChI=1S/N2O.NO3.H3N/c1-2-3;2-1(3)4;/h;;1H3/q;-1;/p+1. The zero-order chi connectivity index (χ0) is 6.28. The normalized spacial score (nSPS) is 4.00. The van der Waals surface area contributed by atoms with E-state index in [0.29, 0.717) is 0 Å². The average molecular weight is 124 g/mol. The number of nitrogens with zero attached hydrogens (tertiary/aromatic N) is 3. The second-order valence-corrected chi connectivity index (χ2v) is 0.305. The van der Waals surface area contributed by atoms with Crippen LogP contribution in [0.5, 0.6) is 0 Å². The van der Waals surface area contributed by atoms with Gasteiger partial charge in [0.25, 0.3) is 0 Å². The van der Waals surface area contributed by atoms with Gasteiger partial charge in [-0.3, -0.25) is 5.53 Å². The Labute approximate surface area is 43.3 Å². The van der Waals surface area contributed by atoms with E-state index in [-0.39, 0.29) is 6.15 Å². The lowest BCUT2D eigenvalue weighted by molar-refractivity contribution is -0.402. The van der Waals surface area contributed by atoms with Crippen LogP contribution in [0.25, 0.3) is 5.53 Å². The van der Waals surface area contributed by atoms with E-state index >= 15 is 0 Å². The van der Waals surface area contributed by atoms with Gasteiger partial charge in [0.05, 0.1) is 5.09 Å². The Morgan fingerprint density at radius 1 is 1.50 bits per heavy atom. The van der Waals surface area contributed by atoms with Crippen LogP contribution in [0, 0.1) is 20.2 Å². The van der Waals surface area contributed by atoms with Gasteiger partial charge in [-0.1, -0.05) is 0 Å². The van der Waals surface area contributed by atoms with Crippen molar-refractivity contribution in [3.63, 3.8) is 0 Å². The molecule has 0 aliphatic carbocycles. The second-order valence-electron chi connectivity index (χ2n) is 0.305. The van der Waals surface area contributed by atoms with E-state index in [1.165, 1.54) is 4.97 Å². The van der Waals surface area contributed by atoms with E-state index in [2.05, 4.69) is 0 Å². The monoisotopic (exact) mass is 124 g/mol. The highest BCUT2D eigenvalue weighted by atomic mass is 16.9. The molecule has 0 aromatic heterocycles. The van der Waals surface area contributed by atoms with Gasteiger partial charge in [-0.15, -0.1) is 0 Å². The minimum absolute atomic E-state index is 0. The molecule has 0 aromatic rings. The molecular formula is H4N4O4. The number of rotatable bonds is 0. The van der Waals surface area contributed by atoms with E-state index in [0.717, 1.165) is 0 Å². The van der Waals surface area contributed by atoms with E-state index < -0.39 is 5.09 Å². The van der Waals surface area contributed by atoms with Gasteiger partial charge in [0.15, 0.2) is 4.91 Å². The lowest BCUT2D eigenvalue weighted by Gasteiger charge is -1.74. The molecule has 0 unspecified atom stereocenters. The summed E-state index contributed by atoms with van der Waals surface area (Å²) in [5.74, 6) is 0. The summed E-state index contributed by atoms with van der Waals surface area (Å²) in [5, 5.41) is 14.8. The van der Waals surface area contributed by atoms with Gasteiger partial charge in [0, 0.05) is 0 Å². The minimum Gasteiger partial charge on any atom is -0.369 e. The number of hydrogen-bond donors (Lipinski definition) is 1. The van der Waals surface area contributed by atoms with Gasteiger partial charge >= 0.3 is 0 Å². The predicted molar refractivity (Wildman–Crippen MR) is 25.2 cm³/mol. The third-order valence-electron chi connectivity index (χ3n) is 0. The molecule has 8 nitrogen and oxygen atoms in total. The molecule has 8 heteroatoms. The summed E-state index contributed by atoms with van der Waals surface area (Å²) in [6.45, 7) is 0. The lowest BCUT2D eigenvalue weighted by Crippen LogP contribution is -1.74. The zero-order valence-corrected chi connectivity index (χ0v) is 3.97. The molecule has 0 heterocycles. The van der Waals surface area contributed by atoms with Crippen molar-refractivity contribution >= 4 is 0 Å². The molecule has 0 aliphatic heterocycles. The first-order valence-corrected chi connectivity index (χ1v) is 0.930. The van der Waals surface area contributed by atoms with Crippen LogP contribution in [0.1, 0.15) is 0 Å². The second kappa shape index (κ2) is 17.9. The van der Waals surface area contributed by atoms with Crippen LogP contribution in [-0.2, 0) is 0 Å². The molecule has 0 amide bonds. The molecule has 0 rings (SSSR count). The van der Waals surface area contributed by atoms with Crippen molar-refractivity contribution in [3.8, 4) is 0 Å². The molecule has 0 spiro atoms. The van der Waals surface area contributed by atoms with Crippen molar-refractivity contribution in [2.24, 2.45) is 0 Å². The molecule has 0 bridgehead atoms. The summed E-state index contributed by atoms with van der Waals surface area (Å²) in [6.07, 6.45) is 0. The van der Waals surface area contributed by atoms with E-state index in [4.69, 9.17) is 25.8 Å². The molecule has 48 valence electrons. The molecule has 0 fully saturated rings. The highest BCUT2D eigenvalue weighted by Crippen LogP contribution is 1.44. The van der Waals surface area contributed by atoms with Crippen molar-refractivity contribution in [2.45, 2.75) is 0 Å². The SMILES string of the molecule is O=[N+]([O-])[O-].[N-]=[N+]=O.[NH4+]. The molecule has 0 saturated heterocycles. The molecular weight excluding hydrogens is 120 g/mol. The Morgan fingerprint density at radius 2 is 1.50 bits per heavy atom. The van der Waals surface area contributed by atoms with Crippen molar-refractivity contribution in [3.05, 3.63) is 25.8 Å². The van der Waals surface area contributed by atoms with Crippen molar-refractivity contribution in [1.82, 2.24) is 11.1 Å². The summed E-state index contributed by atoms with van der Waals surface area (Å²) in [4.78, 5) is 17.6. The maximum Gasteiger partial charge on any atom is 0.151 e. The summed E-state index contributed by atoms with van der Waals surface area (Å²) in [5.41, 5.74) is 6.64. The van der Waals surface area contributed by atoms with Crippen LogP contribution in [-0.4, -0.2) is 5.09 Å². The van der Waals surface area contributed by atoms with E-state index in [1.807, 2.05) is 0 Å². The van der Waals surface area contributed by atoms with Crippen LogP contribution in [0.2, 0.25) is 0 Å². The first kappa shape index (κ1) is 16.1. The Kier molecular flexibility index (Phi) is 36.0. The third-order valence-corrected chi connectivity index (χ3v) is 0. The molecule has 0 saturated carbocycles. The third kappa shape index (κ3) is 23.0. The van der Waals surface area contributed by atoms with Crippen molar-refractivity contribution in [2.75, 3.05) is 0 Å². The van der Waals surface area contributed by atoms with Crippen molar-refractivity contribution in [1.29, 1.82) is 0 Å². The first-order chi connectivity index (χ1) is 3.15. The summed E-state index contributed by atoms with van der Waals surface area (Å²) in [7, 11) is 0. The van der Waals surface area contributed by atoms with Crippen LogP contribution in [0.3, 0.4) is 0 Å². The zero-order valence-electron chi connectivity index (χ0n) is 3.97. The van der Waals surface area contributed by atoms with Gasteiger partial charge in [0.1, 0.15) is 4.97 Å². The smallest absolute Gasteiger partial charge is 0.151 e. The number of hydrogen-bond acceptors (Lipinski definition) is 4. The van der Waals surface area contributed by atoms with Crippen LogP contribution in [0.15, 0.2) is 0 Å². The highest BCUT2D eigenvalue weighted by molar-refractivity contribution is 4.03. The number of quaternary nitrogens is 1. The molecule has 0 radical (unpaired) electrons. The Morgan fingerprint density at radius 3 is 1.50 bits per heavy atom. The Bertz CT molecular complexity index is 76.0. The quantitative estimate of drug-likeness (QED) is 0.208. The maximum atomic E-state index is 8.25. The van der Waals surface area contributed by atoms with Crippen LogP contribution in [0.4, 0.5) is 0 Å². The maximum absolute atomic E-state index is 8.25. The molecule has 0 atom stereocenters. The molecule has 0 aromatic carbocycles. The number of nitroso groups, excluding NO2 is 1. The van der Waals surface area contributed by atoms with Gasteiger partial charge in [0.2, 0.25) is 0 Å². The fraction of sp³-hybridized carbons (Fsp3) is 0. The minimum atomic E-state index is -1.75. The fourth-order valence-corrected chi connectivity index (χ4v) is 0. The van der Waals surface area contributed by atoms with Crippen LogP contribution < -0.4 is 11.1 Å². The average Bonchev–Trinajstić information content (AvgIpc) is 1.33. The first-order valence-electron chi connectivity index (χ1n) is 0.930. The fourth-order valence-electron chi connectivity index (χ4n) is 0. The lowest BCUT2D eigenvalue weighted by atomic mass is 13.1. The van der Waals surface area contributed by atoms with Crippen LogP contribution >= 0.6 is 0 Å². The van der Waals surface area contributed by atoms with Gasteiger partial charge in [-0.2, -0.15) is 0 Å². The van der Waals surface area contributed by atoms with Gasteiger partial charge < -0.3 is 21.5 Å². The van der Waals surface area contributed by atoms with Gasteiger partial charge in [-0.05, 0) is 0 Å². The molecule has 8 heavy (non-hydrogen) atoms. The topological polar surface area (TPSA) is 156 Å². The molecule has 0 aliphatic rings. The summed E-state index contributed by atoms with van der Waals surface area (Å²) in [6, 6.07) is 0. The largest absolute Gasteiger partial charge is 0.369 e. The summed E-state index contributed by atoms with van der Waals surface area (Å²) >= 11 is 0. The Balaban J connectivity index is -0.0000000575. The van der Waals surface area contributed by atoms with Gasteiger partial charge in [-0.25, -0.2) is 0 Å². The summed E-state index contributed by atoms with van der Waals surface area (Å²) < 4.78 is 0. The molecule has 4 N–H and O–H groups in total.